The van der Waals surface area contributed by atoms with Crippen LogP contribution in [0.2, 0.25) is 0 Å². The maximum Gasteiger partial charge on any atom is 0.325 e. The highest BCUT2D eigenvalue weighted by molar-refractivity contribution is 6.09. The van der Waals surface area contributed by atoms with E-state index in [2.05, 4.69) is 10.2 Å². The van der Waals surface area contributed by atoms with E-state index in [1.165, 1.54) is 12.1 Å². The van der Waals surface area contributed by atoms with Crippen LogP contribution in [0.15, 0.2) is 48.5 Å². The lowest BCUT2D eigenvalue weighted by Crippen LogP contribution is -2.45. The number of amides is 4. The van der Waals surface area contributed by atoms with Gasteiger partial charge in [-0.25, -0.2) is 9.18 Å². The van der Waals surface area contributed by atoms with Gasteiger partial charge in [0.05, 0.1) is 7.11 Å². The van der Waals surface area contributed by atoms with Gasteiger partial charge in [-0.05, 0) is 48.7 Å². The maximum atomic E-state index is 13.2. The monoisotopic (exact) mass is 468 g/mol. The fourth-order valence-corrected chi connectivity index (χ4v) is 4.42. The summed E-state index contributed by atoms with van der Waals surface area (Å²) in [5, 5.41) is 2.73. The Morgan fingerprint density at radius 2 is 1.74 bits per heavy atom. The number of urea groups is 1. The Balaban J connectivity index is 1.36. The van der Waals surface area contributed by atoms with E-state index in [9.17, 15) is 18.8 Å². The Morgan fingerprint density at radius 1 is 1.03 bits per heavy atom. The minimum atomic E-state index is -1.24. The number of nitrogens with zero attached hydrogens (tertiary/aromatic N) is 3. The van der Waals surface area contributed by atoms with Crippen LogP contribution >= 0.6 is 0 Å². The molecule has 34 heavy (non-hydrogen) atoms. The first-order valence-electron chi connectivity index (χ1n) is 11.3. The van der Waals surface area contributed by atoms with Gasteiger partial charge in [0.15, 0.2) is 0 Å². The standard InChI is InChI=1S/C25H29FN4O4/c1-25(19-6-10-21(34-2)11-7-19)23(32)30(24(33)27-25)17-22(31)29-13-3-12-28(14-15-29)16-18-4-8-20(26)9-5-18/h4-11H,3,12-17H2,1-2H3,(H,27,33)/t25-/m0/s1. The highest BCUT2D eigenvalue weighted by Gasteiger charge is 2.49. The summed E-state index contributed by atoms with van der Waals surface area (Å²) in [5.41, 5.74) is 0.389. The fraction of sp³-hybridized carbons (Fsp3) is 0.400. The van der Waals surface area contributed by atoms with E-state index in [-0.39, 0.29) is 18.3 Å². The van der Waals surface area contributed by atoms with Gasteiger partial charge in [-0.15, -0.1) is 0 Å². The van der Waals surface area contributed by atoms with Crippen molar-refractivity contribution in [1.29, 1.82) is 0 Å². The first-order chi connectivity index (χ1) is 16.3. The number of carbonyl (C=O) groups excluding carboxylic acids is 3. The van der Waals surface area contributed by atoms with Gasteiger partial charge in [0.1, 0.15) is 23.7 Å². The summed E-state index contributed by atoms with van der Waals surface area (Å²) in [4.78, 5) is 43.7. The second-order valence-corrected chi connectivity index (χ2v) is 8.81. The summed E-state index contributed by atoms with van der Waals surface area (Å²) in [7, 11) is 1.55. The molecule has 8 nitrogen and oxygen atoms in total. The third kappa shape index (κ3) is 4.89. The van der Waals surface area contributed by atoms with Crippen LogP contribution in [0, 0.1) is 5.82 Å². The first-order valence-corrected chi connectivity index (χ1v) is 11.3. The molecular formula is C25H29FN4O4. The van der Waals surface area contributed by atoms with Gasteiger partial charge < -0.3 is 15.0 Å². The normalized spacial score (nSPS) is 21.4. The third-order valence-electron chi connectivity index (χ3n) is 6.50. The number of methoxy groups -OCH3 is 1. The van der Waals surface area contributed by atoms with Crippen LogP contribution in [0.4, 0.5) is 9.18 Å². The number of nitrogens with one attached hydrogen (secondary N) is 1. The van der Waals surface area contributed by atoms with Crippen LogP contribution in [-0.2, 0) is 21.7 Å². The summed E-state index contributed by atoms with van der Waals surface area (Å²) in [6.07, 6.45) is 0.774. The van der Waals surface area contributed by atoms with Crippen LogP contribution < -0.4 is 10.1 Å². The molecule has 0 saturated carbocycles. The molecule has 9 heteroatoms. The van der Waals surface area contributed by atoms with E-state index in [0.717, 1.165) is 23.4 Å². The van der Waals surface area contributed by atoms with Crippen molar-refractivity contribution in [3.05, 3.63) is 65.5 Å². The average Bonchev–Trinajstić information content (AvgIpc) is 2.99. The summed E-state index contributed by atoms with van der Waals surface area (Å²) in [6.45, 7) is 4.53. The van der Waals surface area contributed by atoms with Crippen LogP contribution in [-0.4, -0.2) is 72.4 Å². The molecule has 2 aliphatic rings. The summed E-state index contributed by atoms with van der Waals surface area (Å²) >= 11 is 0. The topological polar surface area (TPSA) is 82.2 Å². The van der Waals surface area contributed by atoms with Crippen molar-refractivity contribution >= 4 is 17.8 Å². The molecule has 0 bridgehead atoms. The molecule has 0 spiro atoms. The Hall–Kier alpha value is -3.46. The molecule has 1 N–H and O–H groups in total. The molecule has 180 valence electrons. The molecule has 0 unspecified atom stereocenters. The molecule has 0 aromatic heterocycles. The van der Waals surface area contributed by atoms with E-state index in [1.807, 2.05) is 0 Å². The Kier molecular flexibility index (Phi) is 6.83. The molecule has 0 aliphatic carbocycles. The Morgan fingerprint density at radius 3 is 2.41 bits per heavy atom. The molecule has 2 aromatic carbocycles. The average molecular weight is 469 g/mol. The molecule has 2 aromatic rings. The molecule has 2 fully saturated rings. The molecule has 4 rings (SSSR count). The van der Waals surface area contributed by atoms with Crippen LogP contribution in [0.3, 0.4) is 0 Å². The fourth-order valence-electron chi connectivity index (χ4n) is 4.42. The lowest BCUT2D eigenvalue weighted by molar-refractivity contribution is -0.138. The van der Waals surface area contributed by atoms with Gasteiger partial charge in [-0.2, -0.15) is 0 Å². The van der Waals surface area contributed by atoms with Crippen molar-refractivity contribution in [3.8, 4) is 5.75 Å². The largest absolute Gasteiger partial charge is 0.497 e. The number of rotatable bonds is 6. The van der Waals surface area contributed by atoms with Crippen molar-refractivity contribution in [1.82, 2.24) is 20.0 Å². The second kappa shape index (κ2) is 9.80. The van der Waals surface area contributed by atoms with Crippen molar-refractivity contribution in [2.75, 3.05) is 39.8 Å². The van der Waals surface area contributed by atoms with Crippen molar-refractivity contribution < 1.29 is 23.5 Å². The SMILES string of the molecule is COc1ccc([C@]2(C)NC(=O)N(CC(=O)N3CCCN(Cc4ccc(F)cc4)CC3)C2=O)cc1. The zero-order valence-electron chi connectivity index (χ0n) is 19.4. The van der Waals surface area contributed by atoms with E-state index < -0.39 is 17.5 Å². The number of imide groups is 1. The predicted molar refractivity (Wildman–Crippen MR) is 123 cm³/mol. The third-order valence-corrected chi connectivity index (χ3v) is 6.50. The maximum absolute atomic E-state index is 13.2. The lowest BCUT2D eigenvalue weighted by Gasteiger charge is -2.25. The zero-order valence-corrected chi connectivity index (χ0v) is 19.4. The van der Waals surface area contributed by atoms with E-state index in [0.29, 0.717) is 37.5 Å². The highest BCUT2D eigenvalue weighted by Crippen LogP contribution is 2.30. The Labute approximate surface area is 198 Å². The van der Waals surface area contributed by atoms with Crippen molar-refractivity contribution in [2.45, 2.75) is 25.4 Å². The first kappa shape index (κ1) is 23.7. The number of ether oxygens (including phenoxy) is 1. The van der Waals surface area contributed by atoms with Gasteiger partial charge >= 0.3 is 6.03 Å². The van der Waals surface area contributed by atoms with Crippen LogP contribution in [0.1, 0.15) is 24.5 Å². The molecule has 1 atom stereocenters. The number of hydrogen-bond donors (Lipinski definition) is 1. The molecule has 0 radical (unpaired) electrons. The lowest BCUT2D eigenvalue weighted by atomic mass is 9.92. The second-order valence-electron chi connectivity index (χ2n) is 8.81. The molecule has 2 aliphatic heterocycles. The molecule has 2 saturated heterocycles. The number of carbonyl (C=O) groups is 3. The number of benzene rings is 2. The van der Waals surface area contributed by atoms with Crippen LogP contribution in [0.5, 0.6) is 5.75 Å². The van der Waals surface area contributed by atoms with Gasteiger partial charge in [-0.1, -0.05) is 24.3 Å². The summed E-state index contributed by atoms with van der Waals surface area (Å²) < 4.78 is 18.3. The predicted octanol–water partition coefficient (Wildman–Crippen LogP) is 2.34. The van der Waals surface area contributed by atoms with Gasteiger partial charge in [-0.3, -0.25) is 19.4 Å². The van der Waals surface area contributed by atoms with Gasteiger partial charge in [0, 0.05) is 32.7 Å². The van der Waals surface area contributed by atoms with Gasteiger partial charge in [0.2, 0.25) is 5.91 Å². The number of hydrogen-bond acceptors (Lipinski definition) is 5. The van der Waals surface area contributed by atoms with E-state index in [1.54, 1.807) is 55.3 Å². The molecule has 4 amide bonds. The Bertz CT molecular complexity index is 1060. The van der Waals surface area contributed by atoms with Crippen molar-refractivity contribution in [2.24, 2.45) is 0 Å². The smallest absolute Gasteiger partial charge is 0.325 e. The van der Waals surface area contributed by atoms with Crippen LogP contribution in [0.25, 0.3) is 0 Å². The zero-order chi connectivity index (χ0) is 24.3. The minimum absolute atomic E-state index is 0.258. The molecule has 2 heterocycles. The van der Waals surface area contributed by atoms with E-state index in [4.69, 9.17) is 4.74 Å². The van der Waals surface area contributed by atoms with Gasteiger partial charge in [0.25, 0.3) is 5.91 Å². The number of halogens is 1. The van der Waals surface area contributed by atoms with Crippen molar-refractivity contribution in [3.63, 3.8) is 0 Å². The summed E-state index contributed by atoms with van der Waals surface area (Å²) in [5.74, 6) is -0.333. The molecular weight excluding hydrogens is 439 g/mol. The summed E-state index contributed by atoms with van der Waals surface area (Å²) in [6, 6.07) is 12.7. The minimum Gasteiger partial charge on any atom is -0.497 e. The quantitative estimate of drug-likeness (QED) is 0.659. The van der Waals surface area contributed by atoms with E-state index >= 15 is 0 Å². The highest BCUT2D eigenvalue weighted by atomic mass is 19.1.